The Morgan fingerprint density at radius 2 is 2.06 bits per heavy atom. The van der Waals surface area contributed by atoms with E-state index in [0.717, 1.165) is 12.0 Å². The van der Waals surface area contributed by atoms with Crippen LogP contribution in [0.2, 0.25) is 0 Å². The van der Waals surface area contributed by atoms with Gasteiger partial charge in [0.1, 0.15) is 0 Å². The van der Waals surface area contributed by atoms with Crippen LogP contribution in [-0.2, 0) is 4.74 Å². The molecule has 0 bridgehead atoms. The molecule has 2 heteroatoms. The second-order valence-electron chi connectivity index (χ2n) is 6.51. The van der Waals surface area contributed by atoms with Crippen LogP contribution >= 0.6 is 0 Å². The fourth-order valence-corrected chi connectivity index (χ4v) is 2.98. The molecule has 2 fully saturated rings. The highest BCUT2D eigenvalue weighted by molar-refractivity contribution is 4.88. The van der Waals surface area contributed by atoms with E-state index in [2.05, 4.69) is 26.1 Å². The van der Waals surface area contributed by atoms with E-state index >= 15 is 0 Å². The van der Waals surface area contributed by atoms with Crippen LogP contribution in [0.4, 0.5) is 0 Å². The van der Waals surface area contributed by atoms with Crippen molar-refractivity contribution in [3.63, 3.8) is 0 Å². The monoisotopic (exact) mass is 239 g/mol. The summed E-state index contributed by atoms with van der Waals surface area (Å²) >= 11 is 0. The minimum Gasteiger partial charge on any atom is -0.372 e. The molecule has 1 aliphatic heterocycles. The smallest absolute Gasteiger partial charge is 0.0631 e. The Balaban J connectivity index is 1.68. The Kier molecular flexibility index (Phi) is 4.48. The fourth-order valence-electron chi connectivity index (χ4n) is 2.98. The van der Waals surface area contributed by atoms with E-state index in [1.165, 1.54) is 51.5 Å². The number of rotatable bonds is 7. The lowest BCUT2D eigenvalue weighted by atomic mass is 10.0. The second kappa shape index (κ2) is 5.71. The zero-order chi connectivity index (χ0) is 12.3. The van der Waals surface area contributed by atoms with Crippen LogP contribution in [0.1, 0.15) is 65.7 Å². The first-order chi connectivity index (χ1) is 8.11. The number of ether oxygens (including phenoxy) is 1. The van der Waals surface area contributed by atoms with Gasteiger partial charge in [0, 0.05) is 6.04 Å². The van der Waals surface area contributed by atoms with Gasteiger partial charge >= 0.3 is 0 Å². The highest BCUT2D eigenvalue weighted by atomic mass is 16.5. The van der Waals surface area contributed by atoms with Crippen LogP contribution in [0.5, 0.6) is 0 Å². The average molecular weight is 239 g/mol. The Labute approximate surface area is 107 Å². The van der Waals surface area contributed by atoms with Crippen molar-refractivity contribution < 1.29 is 4.74 Å². The van der Waals surface area contributed by atoms with Gasteiger partial charge in [-0.15, -0.1) is 0 Å². The van der Waals surface area contributed by atoms with Gasteiger partial charge in [-0.25, -0.2) is 0 Å². The van der Waals surface area contributed by atoms with Crippen LogP contribution in [0.3, 0.4) is 0 Å². The fraction of sp³-hybridized carbons (Fsp3) is 1.00. The lowest BCUT2D eigenvalue weighted by molar-refractivity contribution is -0.0200. The van der Waals surface area contributed by atoms with Crippen LogP contribution in [0.15, 0.2) is 0 Å². The van der Waals surface area contributed by atoms with E-state index < -0.39 is 0 Å². The molecule has 2 unspecified atom stereocenters. The van der Waals surface area contributed by atoms with Crippen LogP contribution in [0.25, 0.3) is 0 Å². The Bertz CT molecular complexity index is 235. The first-order valence-corrected chi connectivity index (χ1v) is 7.52. The van der Waals surface area contributed by atoms with Gasteiger partial charge < -0.3 is 10.1 Å². The zero-order valence-corrected chi connectivity index (χ0v) is 11.8. The standard InChI is InChI=1S/C15H29NO/c1-4-11-16-14(12-5-6-12)8-7-13-9-10-15(2,3)17-13/h12-14,16H,4-11H2,1-3H3. The van der Waals surface area contributed by atoms with Crippen molar-refractivity contribution in [1.29, 1.82) is 0 Å². The molecule has 100 valence electrons. The summed E-state index contributed by atoms with van der Waals surface area (Å²) in [7, 11) is 0. The topological polar surface area (TPSA) is 21.3 Å². The summed E-state index contributed by atoms with van der Waals surface area (Å²) in [6, 6.07) is 0.766. The van der Waals surface area contributed by atoms with E-state index in [4.69, 9.17) is 4.74 Å². The molecular weight excluding hydrogens is 210 g/mol. The highest BCUT2D eigenvalue weighted by Crippen LogP contribution is 2.37. The molecule has 1 aliphatic carbocycles. The van der Waals surface area contributed by atoms with Crippen molar-refractivity contribution in [3.8, 4) is 0 Å². The van der Waals surface area contributed by atoms with E-state index in [-0.39, 0.29) is 5.60 Å². The van der Waals surface area contributed by atoms with E-state index in [9.17, 15) is 0 Å². The van der Waals surface area contributed by atoms with Gasteiger partial charge in [0.25, 0.3) is 0 Å². The highest BCUT2D eigenvalue weighted by Gasteiger charge is 2.34. The van der Waals surface area contributed by atoms with Gasteiger partial charge in [-0.1, -0.05) is 6.92 Å². The number of hydrogen-bond acceptors (Lipinski definition) is 2. The number of hydrogen-bond donors (Lipinski definition) is 1. The van der Waals surface area contributed by atoms with E-state index in [1.807, 2.05) is 0 Å². The van der Waals surface area contributed by atoms with Crippen LogP contribution in [0, 0.1) is 5.92 Å². The van der Waals surface area contributed by atoms with E-state index in [1.54, 1.807) is 0 Å². The third-order valence-electron chi connectivity index (χ3n) is 4.20. The van der Waals surface area contributed by atoms with Gasteiger partial charge in [-0.3, -0.25) is 0 Å². The molecule has 0 amide bonds. The first kappa shape index (κ1) is 13.4. The molecule has 2 rings (SSSR count). The SMILES string of the molecule is CCCNC(CCC1CCC(C)(C)O1)C1CC1. The molecule has 1 N–H and O–H groups in total. The molecule has 0 aromatic heterocycles. The third kappa shape index (κ3) is 4.26. The maximum atomic E-state index is 6.08. The summed E-state index contributed by atoms with van der Waals surface area (Å²) < 4.78 is 6.08. The minimum absolute atomic E-state index is 0.136. The molecule has 1 saturated carbocycles. The predicted octanol–water partition coefficient (Wildman–Crippen LogP) is 3.50. The lowest BCUT2D eigenvalue weighted by Crippen LogP contribution is -2.32. The maximum absolute atomic E-state index is 6.08. The van der Waals surface area contributed by atoms with Crippen molar-refractivity contribution in [2.75, 3.05) is 6.54 Å². The lowest BCUT2D eigenvalue weighted by Gasteiger charge is -2.22. The molecule has 1 saturated heterocycles. The Morgan fingerprint density at radius 3 is 2.59 bits per heavy atom. The van der Waals surface area contributed by atoms with Gasteiger partial charge in [0.15, 0.2) is 0 Å². The van der Waals surface area contributed by atoms with Crippen LogP contribution < -0.4 is 5.32 Å². The molecule has 2 aliphatic rings. The summed E-state index contributed by atoms with van der Waals surface area (Å²) in [5, 5.41) is 3.72. The Hall–Kier alpha value is -0.0800. The van der Waals surface area contributed by atoms with Crippen molar-refractivity contribution in [2.24, 2.45) is 5.92 Å². The summed E-state index contributed by atoms with van der Waals surface area (Å²) in [6.07, 6.45) is 9.71. The quantitative estimate of drug-likeness (QED) is 0.734. The molecule has 0 aromatic carbocycles. The van der Waals surface area contributed by atoms with Crippen molar-refractivity contribution in [3.05, 3.63) is 0 Å². The van der Waals surface area contributed by atoms with Gasteiger partial charge in [-0.05, 0) is 71.3 Å². The van der Waals surface area contributed by atoms with Crippen LogP contribution in [-0.4, -0.2) is 24.3 Å². The Morgan fingerprint density at radius 1 is 1.29 bits per heavy atom. The molecule has 0 aromatic rings. The molecule has 17 heavy (non-hydrogen) atoms. The summed E-state index contributed by atoms with van der Waals surface area (Å²) in [5.74, 6) is 0.968. The molecule has 2 nitrogen and oxygen atoms in total. The van der Waals surface area contributed by atoms with Gasteiger partial charge in [0.2, 0.25) is 0 Å². The van der Waals surface area contributed by atoms with Gasteiger partial charge in [0.05, 0.1) is 11.7 Å². The minimum atomic E-state index is 0.136. The maximum Gasteiger partial charge on any atom is 0.0631 e. The van der Waals surface area contributed by atoms with Crippen molar-refractivity contribution in [2.45, 2.75) is 83.5 Å². The summed E-state index contributed by atoms with van der Waals surface area (Å²) in [5.41, 5.74) is 0.136. The summed E-state index contributed by atoms with van der Waals surface area (Å²) in [4.78, 5) is 0. The molecule has 0 spiro atoms. The zero-order valence-electron chi connectivity index (χ0n) is 11.8. The third-order valence-corrected chi connectivity index (χ3v) is 4.20. The molecular formula is C15H29NO. The summed E-state index contributed by atoms with van der Waals surface area (Å²) in [6.45, 7) is 7.87. The first-order valence-electron chi connectivity index (χ1n) is 7.52. The van der Waals surface area contributed by atoms with Crippen molar-refractivity contribution in [1.82, 2.24) is 5.32 Å². The number of nitrogens with one attached hydrogen (secondary N) is 1. The second-order valence-corrected chi connectivity index (χ2v) is 6.51. The predicted molar refractivity (Wildman–Crippen MR) is 72.2 cm³/mol. The van der Waals surface area contributed by atoms with Gasteiger partial charge in [-0.2, -0.15) is 0 Å². The molecule has 2 atom stereocenters. The van der Waals surface area contributed by atoms with Crippen molar-refractivity contribution >= 4 is 0 Å². The average Bonchev–Trinajstić information content (AvgIpc) is 3.04. The van der Waals surface area contributed by atoms with E-state index in [0.29, 0.717) is 6.10 Å². The normalized spacial score (nSPS) is 29.5. The molecule has 1 heterocycles. The molecule has 0 radical (unpaired) electrons. The largest absolute Gasteiger partial charge is 0.372 e.